The van der Waals surface area contributed by atoms with Gasteiger partial charge in [-0.1, -0.05) is 0 Å². The normalized spacial score (nSPS) is 12.0. The molecule has 0 N–H and O–H groups in total. The zero-order valence-electron chi connectivity index (χ0n) is 8.31. The summed E-state index contributed by atoms with van der Waals surface area (Å²) < 4.78 is 39.4. The first-order valence-electron chi connectivity index (χ1n) is 4.40. The number of alkyl halides is 3. The predicted molar refractivity (Wildman–Crippen MR) is 47.3 cm³/mol. The van der Waals surface area contributed by atoms with Crippen LogP contribution in [0.15, 0.2) is 18.6 Å². The van der Waals surface area contributed by atoms with Crippen LogP contribution in [0.2, 0.25) is 0 Å². The van der Waals surface area contributed by atoms with Crippen LogP contribution in [-0.2, 0) is 19.8 Å². The first-order chi connectivity index (χ1) is 7.47. The molecule has 0 bridgehead atoms. The minimum Gasteiger partial charge on any atom is -0.265 e. The minimum absolute atomic E-state index is 0.159. The molecule has 8 heteroatoms. The number of nitrogens with zero attached hydrogens (tertiary/aromatic N) is 5. The van der Waals surface area contributed by atoms with Gasteiger partial charge < -0.3 is 0 Å². The Morgan fingerprint density at radius 2 is 2.12 bits per heavy atom. The molecule has 0 fully saturated rings. The molecule has 0 aliphatic rings. The van der Waals surface area contributed by atoms with Crippen molar-refractivity contribution in [3.05, 3.63) is 30.1 Å². The molecule has 0 aromatic carbocycles. The van der Waals surface area contributed by atoms with Gasteiger partial charge in [-0.25, -0.2) is 4.98 Å². The molecule has 0 aliphatic heterocycles. The van der Waals surface area contributed by atoms with Gasteiger partial charge in [-0.15, -0.1) is 0 Å². The molecule has 5 nitrogen and oxygen atoms in total. The van der Waals surface area contributed by atoms with Crippen LogP contribution < -0.4 is 0 Å². The zero-order chi connectivity index (χ0) is 11.8. The van der Waals surface area contributed by atoms with Crippen molar-refractivity contribution in [1.29, 1.82) is 0 Å². The second-order valence-corrected chi connectivity index (χ2v) is 3.20. The molecule has 2 heterocycles. The Hall–Kier alpha value is -1.86. The number of aromatic nitrogens is 5. The molecule has 0 spiro atoms. The van der Waals surface area contributed by atoms with Gasteiger partial charge in [0, 0.05) is 13.2 Å². The average molecular weight is 231 g/mol. The van der Waals surface area contributed by atoms with E-state index in [0.29, 0.717) is 5.82 Å². The lowest BCUT2D eigenvalue weighted by Crippen LogP contribution is -2.10. The van der Waals surface area contributed by atoms with Gasteiger partial charge in [0.25, 0.3) is 0 Å². The summed E-state index contributed by atoms with van der Waals surface area (Å²) >= 11 is 0. The monoisotopic (exact) mass is 231 g/mol. The molecule has 2 rings (SSSR count). The van der Waals surface area contributed by atoms with Crippen LogP contribution >= 0.6 is 0 Å². The molecular weight excluding hydrogens is 223 g/mol. The van der Waals surface area contributed by atoms with Crippen LogP contribution in [0.5, 0.6) is 0 Å². The topological polar surface area (TPSA) is 48.5 Å². The van der Waals surface area contributed by atoms with Crippen molar-refractivity contribution in [2.45, 2.75) is 12.7 Å². The highest BCUT2D eigenvalue weighted by Crippen LogP contribution is 2.27. The highest BCUT2D eigenvalue weighted by atomic mass is 19.4. The fourth-order valence-corrected chi connectivity index (χ4v) is 1.21. The van der Waals surface area contributed by atoms with Crippen LogP contribution in [-0.4, -0.2) is 24.5 Å². The molecule has 2 aromatic heterocycles. The molecule has 0 aliphatic carbocycles. The standard InChI is InChI=1S/C8H8F3N5/c1-15-7(12-5-13-15)4-16-3-2-6(14-16)8(9,10)11/h2-3,5H,4H2,1H3. The second kappa shape index (κ2) is 3.62. The van der Waals surface area contributed by atoms with Gasteiger partial charge in [-0.2, -0.15) is 23.4 Å². The van der Waals surface area contributed by atoms with Gasteiger partial charge in [0.2, 0.25) is 0 Å². The van der Waals surface area contributed by atoms with E-state index in [1.165, 1.54) is 21.9 Å². The predicted octanol–water partition coefficient (Wildman–Crippen LogP) is 1.08. The third-order valence-electron chi connectivity index (χ3n) is 2.04. The first-order valence-corrected chi connectivity index (χ1v) is 4.40. The largest absolute Gasteiger partial charge is 0.435 e. The summed E-state index contributed by atoms with van der Waals surface area (Å²) in [5.74, 6) is 0.539. The fourth-order valence-electron chi connectivity index (χ4n) is 1.21. The summed E-state index contributed by atoms with van der Waals surface area (Å²) in [5, 5.41) is 7.22. The van der Waals surface area contributed by atoms with E-state index in [0.717, 1.165) is 6.07 Å². The Kier molecular flexibility index (Phi) is 2.41. The van der Waals surface area contributed by atoms with Gasteiger partial charge in [0.1, 0.15) is 18.7 Å². The third kappa shape index (κ3) is 2.05. The molecule has 86 valence electrons. The minimum atomic E-state index is -4.41. The van der Waals surface area contributed by atoms with Gasteiger partial charge in [-0.05, 0) is 6.07 Å². The maximum atomic E-state index is 12.3. The lowest BCUT2D eigenvalue weighted by molar-refractivity contribution is -0.141. The molecule has 0 atom stereocenters. The SMILES string of the molecule is Cn1ncnc1Cn1ccc(C(F)(F)F)n1. The quantitative estimate of drug-likeness (QED) is 0.777. The number of hydrogen-bond donors (Lipinski definition) is 0. The van der Waals surface area contributed by atoms with Gasteiger partial charge in [-0.3, -0.25) is 9.36 Å². The summed E-state index contributed by atoms with van der Waals surface area (Å²) in [6.07, 6.45) is -1.81. The zero-order valence-corrected chi connectivity index (χ0v) is 8.31. The molecule has 0 amide bonds. The van der Waals surface area contributed by atoms with Crippen molar-refractivity contribution < 1.29 is 13.2 Å². The van der Waals surface area contributed by atoms with Crippen LogP contribution in [0.4, 0.5) is 13.2 Å². The van der Waals surface area contributed by atoms with E-state index in [1.54, 1.807) is 7.05 Å². The lowest BCUT2D eigenvalue weighted by atomic mass is 10.4. The Morgan fingerprint density at radius 3 is 2.62 bits per heavy atom. The third-order valence-corrected chi connectivity index (χ3v) is 2.04. The number of rotatable bonds is 2. The smallest absolute Gasteiger partial charge is 0.265 e. The van der Waals surface area contributed by atoms with E-state index in [4.69, 9.17) is 0 Å². The van der Waals surface area contributed by atoms with E-state index in [2.05, 4.69) is 15.2 Å². The number of halogens is 3. The summed E-state index contributed by atoms with van der Waals surface area (Å²) in [6.45, 7) is 0.159. The molecule has 0 radical (unpaired) electrons. The summed E-state index contributed by atoms with van der Waals surface area (Å²) in [6, 6.07) is 0.927. The van der Waals surface area contributed by atoms with Gasteiger partial charge in [0.05, 0.1) is 0 Å². The Morgan fingerprint density at radius 1 is 1.38 bits per heavy atom. The van der Waals surface area contributed by atoms with Crippen molar-refractivity contribution in [3.8, 4) is 0 Å². The van der Waals surface area contributed by atoms with Gasteiger partial charge >= 0.3 is 6.18 Å². The number of hydrogen-bond acceptors (Lipinski definition) is 3. The highest BCUT2D eigenvalue weighted by molar-refractivity contribution is 5.04. The summed E-state index contributed by atoms with van der Waals surface area (Å²) in [7, 11) is 1.66. The first kappa shape index (κ1) is 10.7. The van der Waals surface area contributed by atoms with Crippen LogP contribution in [0, 0.1) is 0 Å². The van der Waals surface area contributed by atoms with Crippen LogP contribution in [0.1, 0.15) is 11.5 Å². The lowest BCUT2D eigenvalue weighted by Gasteiger charge is -2.02. The Balaban J connectivity index is 2.18. The molecule has 0 saturated carbocycles. The van der Waals surface area contributed by atoms with E-state index in [9.17, 15) is 13.2 Å². The maximum Gasteiger partial charge on any atom is 0.435 e. The van der Waals surface area contributed by atoms with Crippen molar-refractivity contribution in [3.63, 3.8) is 0 Å². The van der Waals surface area contributed by atoms with E-state index in [1.807, 2.05) is 0 Å². The van der Waals surface area contributed by atoms with Crippen molar-refractivity contribution in [2.75, 3.05) is 0 Å². The summed E-state index contributed by atoms with van der Waals surface area (Å²) in [5.41, 5.74) is -0.908. The fraction of sp³-hybridized carbons (Fsp3) is 0.375. The molecule has 2 aromatic rings. The van der Waals surface area contributed by atoms with Crippen molar-refractivity contribution in [2.24, 2.45) is 7.05 Å². The van der Waals surface area contributed by atoms with Crippen LogP contribution in [0.25, 0.3) is 0 Å². The van der Waals surface area contributed by atoms with Gasteiger partial charge in [0.15, 0.2) is 5.69 Å². The average Bonchev–Trinajstić information content (AvgIpc) is 2.76. The second-order valence-electron chi connectivity index (χ2n) is 3.20. The Labute approximate surface area is 88.5 Å². The molecular formula is C8H8F3N5. The number of aryl methyl sites for hydroxylation is 1. The van der Waals surface area contributed by atoms with E-state index < -0.39 is 11.9 Å². The Bertz CT molecular complexity index is 484. The van der Waals surface area contributed by atoms with Crippen molar-refractivity contribution >= 4 is 0 Å². The highest BCUT2D eigenvalue weighted by Gasteiger charge is 2.33. The van der Waals surface area contributed by atoms with E-state index in [-0.39, 0.29) is 6.54 Å². The van der Waals surface area contributed by atoms with Crippen LogP contribution in [0.3, 0.4) is 0 Å². The molecule has 0 unspecified atom stereocenters. The maximum absolute atomic E-state index is 12.3. The summed E-state index contributed by atoms with van der Waals surface area (Å²) in [4.78, 5) is 3.89. The van der Waals surface area contributed by atoms with E-state index >= 15 is 0 Å². The van der Waals surface area contributed by atoms with Crippen molar-refractivity contribution in [1.82, 2.24) is 24.5 Å². The molecule has 0 saturated heterocycles. The molecule has 16 heavy (non-hydrogen) atoms.